The van der Waals surface area contributed by atoms with Gasteiger partial charge in [0, 0.05) is 6.20 Å². The Morgan fingerprint density at radius 1 is 1.69 bits per heavy atom. The molecule has 5 nitrogen and oxygen atoms in total. The van der Waals surface area contributed by atoms with Crippen molar-refractivity contribution in [3.05, 3.63) is 39.9 Å². The normalized spacial score (nSPS) is 10.2. The number of aromatic nitrogens is 3. The maximum atomic E-state index is 11.3. The van der Waals surface area contributed by atoms with Gasteiger partial charge in [0.2, 0.25) is 5.69 Å². The summed E-state index contributed by atoms with van der Waals surface area (Å²) >= 11 is 0. The van der Waals surface area contributed by atoms with E-state index in [9.17, 15) is 4.79 Å². The average molecular weight is 174 g/mol. The van der Waals surface area contributed by atoms with Gasteiger partial charge in [0.25, 0.3) is 5.56 Å². The molecule has 13 heavy (non-hydrogen) atoms. The predicted octanol–water partition coefficient (Wildman–Crippen LogP) is 0.882. The zero-order chi connectivity index (χ0) is 9.42. The first-order valence-electron chi connectivity index (χ1n) is 3.67. The highest BCUT2D eigenvalue weighted by Gasteiger charge is 2.09. The molecule has 0 amide bonds. The van der Waals surface area contributed by atoms with E-state index in [0.717, 1.165) is 0 Å². The van der Waals surface area contributed by atoms with Gasteiger partial charge in [-0.05, 0) is 12.5 Å². The number of hydrogen-bond donors (Lipinski definition) is 1. The Bertz CT molecular complexity index is 558. The second kappa shape index (κ2) is 2.45. The lowest BCUT2D eigenvalue weighted by Crippen LogP contribution is -2.10. The van der Waals surface area contributed by atoms with Gasteiger partial charge in [0.05, 0.1) is 6.57 Å². The fourth-order valence-corrected chi connectivity index (χ4v) is 1.27. The number of rotatable bonds is 0. The van der Waals surface area contributed by atoms with Gasteiger partial charge in [-0.25, -0.2) is 9.36 Å². The minimum Gasteiger partial charge on any atom is -0.310 e. The van der Waals surface area contributed by atoms with Crippen molar-refractivity contribution in [1.82, 2.24) is 14.6 Å². The summed E-state index contributed by atoms with van der Waals surface area (Å²) in [7, 11) is 0. The summed E-state index contributed by atoms with van der Waals surface area (Å²) in [6.45, 7) is 8.59. The van der Waals surface area contributed by atoms with Gasteiger partial charge in [-0.15, -0.1) is 0 Å². The second-order valence-electron chi connectivity index (χ2n) is 2.66. The third kappa shape index (κ3) is 0.924. The smallest absolute Gasteiger partial charge is 0.273 e. The van der Waals surface area contributed by atoms with Crippen molar-refractivity contribution in [3.8, 4) is 0 Å². The van der Waals surface area contributed by atoms with E-state index in [0.29, 0.717) is 16.8 Å². The quantitative estimate of drug-likeness (QED) is 0.603. The van der Waals surface area contributed by atoms with Crippen molar-refractivity contribution < 1.29 is 0 Å². The highest BCUT2D eigenvalue weighted by molar-refractivity contribution is 5.67. The molecular formula is C8H6N4O. The molecular weight excluding hydrogens is 168 g/mol. The minimum absolute atomic E-state index is 0.220. The number of hydrogen-bond acceptors (Lipinski definition) is 2. The van der Waals surface area contributed by atoms with Crippen LogP contribution in [0.15, 0.2) is 17.3 Å². The van der Waals surface area contributed by atoms with Gasteiger partial charge < -0.3 is 4.98 Å². The van der Waals surface area contributed by atoms with Crippen LogP contribution in [-0.2, 0) is 0 Å². The molecule has 0 aliphatic heterocycles. The van der Waals surface area contributed by atoms with E-state index in [4.69, 9.17) is 6.57 Å². The first kappa shape index (κ1) is 7.55. The molecule has 2 rings (SSSR count). The Balaban J connectivity index is 3.04. The fourth-order valence-electron chi connectivity index (χ4n) is 1.27. The van der Waals surface area contributed by atoms with E-state index in [-0.39, 0.29) is 5.56 Å². The summed E-state index contributed by atoms with van der Waals surface area (Å²) in [4.78, 5) is 17.1. The average Bonchev–Trinajstić information content (AvgIpc) is 2.44. The summed E-state index contributed by atoms with van der Waals surface area (Å²) in [5, 5.41) is 3.89. The topological polar surface area (TPSA) is 54.5 Å². The molecule has 0 saturated heterocycles. The molecule has 2 heterocycles. The molecule has 2 aromatic rings. The van der Waals surface area contributed by atoms with Crippen LogP contribution in [0.2, 0.25) is 0 Å². The number of nitrogens with one attached hydrogen (secondary N) is 1. The molecule has 64 valence electrons. The highest BCUT2D eigenvalue weighted by atomic mass is 16.1. The van der Waals surface area contributed by atoms with E-state index in [1.165, 1.54) is 10.8 Å². The zero-order valence-electron chi connectivity index (χ0n) is 6.90. The van der Waals surface area contributed by atoms with Crippen LogP contribution in [0.25, 0.3) is 10.4 Å². The summed E-state index contributed by atoms with van der Waals surface area (Å²) in [6.07, 6.45) is 2.86. The van der Waals surface area contributed by atoms with E-state index >= 15 is 0 Å². The Morgan fingerprint density at radius 3 is 3.08 bits per heavy atom. The van der Waals surface area contributed by atoms with Crippen LogP contribution in [0, 0.1) is 13.5 Å². The molecule has 0 unspecified atom stereocenters. The third-order valence-corrected chi connectivity index (χ3v) is 1.93. The second-order valence-corrected chi connectivity index (χ2v) is 2.66. The molecule has 1 N–H and O–H groups in total. The molecule has 0 atom stereocenters. The van der Waals surface area contributed by atoms with E-state index in [1.54, 1.807) is 13.1 Å². The highest BCUT2D eigenvalue weighted by Crippen LogP contribution is 2.21. The maximum absolute atomic E-state index is 11.3. The van der Waals surface area contributed by atoms with Crippen molar-refractivity contribution in [2.45, 2.75) is 6.92 Å². The lowest BCUT2D eigenvalue weighted by molar-refractivity contribution is 0.888. The predicted molar refractivity (Wildman–Crippen MR) is 46.8 cm³/mol. The fraction of sp³-hybridized carbons (Fsp3) is 0.125. The molecule has 0 bridgehead atoms. The van der Waals surface area contributed by atoms with E-state index in [1.807, 2.05) is 0 Å². The first-order chi connectivity index (χ1) is 6.24. The first-order valence-corrected chi connectivity index (χ1v) is 3.67. The molecule has 0 saturated carbocycles. The van der Waals surface area contributed by atoms with Crippen LogP contribution in [0.4, 0.5) is 5.69 Å². The van der Waals surface area contributed by atoms with Crippen molar-refractivity contribution in [1.29, 1.82) is 0 Å². The molecule has 0 spiro atoms. The summed E-state index contributed by atoms with van der Waals surface area (Å²) in [5.41, 5.74) is 1.35. The van der Waals surface area contributed by atoms with Crippen molar-refractivity contribution in [3.63, 3.8) is 0 Å². The standard InChI is InChI=1S/C8H6N4O/c1-5-6(9-2)3-12-7(5)8(13)10-4-11-12/h3-4H,1H3,(H,10,11,13). The minimum atomic E-state index is -0.220. The van der Waals surface area contributed by atoms with Gasteiger partial charge >= 0.3 is 0 Å². The molecule has 0 fully saturated rings. The maximum Gasteiger partial charge on any atom is 0.273 e. The lowest BCUT2D eigenvalue weighted by atomic mass is 10.3. The summed E-state index contributed by atoms with van der Waals surface area (Å²) < 4.78 is 1.42. The Hall–Kier alpha value is -2.09. The molecule has 0 aliphatic carbocycles. The van der Waals surface area contributed by atoms with Crippen molar-refractivity contribution in [2.24, 2.45) is 0 Å². The molecule has 0 aromatic carbocycles. The van der Waals surface area contributed by atoms with Gasteiger partial charge in [0.1, 0.15) is 11.8 Å². The number of fused-ring (bicyclic) bond motifs is 1. The van der Waals surface area contributed by atoms with Gasteiger partial charge in [-0.1, -0.05) is 0 Å². The Kier molecular flexibility index (Phi) is 1.43. The Morgan fingerprint density at radius 2 is 2.46 bits per heavy atom. The number of aryl methyl sites for hydroxylation is 1. The molecule has 0 radical (unpaired) electrons. The lowest BCUT2D eigenvalue weighted by Gasteiger charge is -1.90. The van der Waals surface area contributed by atoms with Crippen LogP contribution >= 0.6 is 0 Å². The number of H-pyrrole nitrogens is 1. The van der Waals surface area contributed by atoms with Crippen LogP contribution in [-0.4, -0.2) is 14.6 Å². The monoisotopic (exact) mass is 174 g/mol. The largest absolute Gasteiger partial charge is 0.310 e. The summed E-state index contributed by atoms with van der Waals surface area (Å²) in [6, 6.07) is 0. The van der Waals surface area contributed by atoms with Crippen LogP contribution in [0.1, 0.15) is 5.56 Å². The summed E-state index contributed by atoms with van der Waals surface area (Å²) in [5.74, 6) is 0. The van der Waals surface area contributed by atoms with Gasteiger partial charge in [-0.3, -0.25) is 4.79 Å². The molecule has 2 aromatic heterocycles. The molecule has 5 heteroatoms. The van der Waals surface area contributed by atoms with Crippen LogP contribution in [0.5, 0.6) is 0 Å². The Labute approximate surface area is 73.5 Å². The van der Waals surface area contributed by atoms with E-state index < -0.39 is 0 Å². The van der Waals surface area contributed by atoms with Crippen molar-refractivity contribution in [2.75, 3.05) is 0 Å². The van der Waals surface area contributed by atoms with Crippen molar-refractivity contribution >= 4 is 11.2 Å². The van der Waals surface area contributed by atoms with Crippen LogP contribution in [0.3, 0.4) is 0 Å². The van der Waals surface area contributed by atoms with Gasteiger partial charge in [-0.2, -0.15) is 5.10 Å². The van der Waals surface area contributed by atoms with E-state index in [2.05, 4.69) is 14.9 Å². The SMILES string of the molecule is [C-]#[N+]c1cn2nc[nH]c(=O)c2c1C. The number of nitrogens with zero attached hydrogens (tertiary/aromatic N) is 3. The number of aromatic amines is 1. The molecule has 0 aliphatic rings. The zero-order valence-corrected chi connectivity index (χ0v) is 6.90. The van der Waals surface area contributed by atoms with Gasteiger partial charge in [0.15, 0.2) is 0 Å². The third-order valence-electron chi connectivity index (χ3n) is 1.93. The van der Waals surface area contributed by atoms with Crippen LogP contribution < -0.4 is 5.56 Å².